The van der Waals surface area contributed by atoms with Crippen molar-refractivity contribution in [3.63, 3.8) is 0 Å². The summed E-state index contributed by atoms with van der Waals surface area (Å²) < 4.78 is 15.5. The lowest BCUT2D eigenvalue weighted by Gasteiger charge is -2.25. The van der Waals surface area contributed by atoms with E-state index in [2.05, 4.69) is 42.4 Å². The smallest absolute Gasteiger partial charge is 0.257 e. The second-order valence-corrected chi connectivity index (χ2v) is 22.8. The van der Waals surface area contributed by atoms with Gasteiger partial charge in [0.05, 0.1) is 0 Å². The fraction of sp³-hybridized carbons (Fsp3) is 0.953. The van der Waals surface area contributed by atoms with Gasteiger partial charge >= 0.3 is 0 Å². The molecule has 1 atom stereocenters. The van der Waals surface area contributed by atoms with Gasteiger partial charge in [-0.3, -0.25) is 14.4 Å². The van der Waals surface area contributed by atoms with Crippen LogP contribution in [0.15, 0.2) is 0 Å². The third-order valence-corrected chi connectivity index (χ3v) is 15.9. The second kappa shape index (κ2) is 52.7. The maximum Gasteiger partial charge on any atom is 0.257 e. The molecule has 0 radical (unpaired) electrons. The summed E-state index contributed by atoms with van der Waals surface area (Å²) in [5.41, 5.74) is 0. The van der Waals surface area contributed by atoms with Crippen LogP contribution in [0.1, 0.15) is 329 Å². The number of carbonyl (C=O) groups is 3. The van der Waals surface area contributed by atoms with E-state index in [4.69, 9.17) is 0 Å². The first-order valence-electron chi connectivity index (χ1n) is 32.6. The zero-order chi connectivity index (χ0) is 52.2. The lowest BCUT2D eigenvalue weighted by Crippen LogP contribution is -2.40. The average molecular weight is 1020 g/mol. The minimum Gasteiger partial charge on any atom is -0.343 e. The minimum atomic E-state index is -1.43. The van der Waals surface area contributed by atoms with Crippen LogP contribution in [0.25, 0.3) is 0 Å². The number of hydrogen-bond acceptors (Lipinski definition) is 4. The summed E-state index contributed by atoms with van der Waals surface area (Å²) in [4.78, 5) is 49.1. The molecule has 0 spiro atoms. The molecule has 7 nitrogen and oxygen atoms in total. The summed E-state index contributed by atoms with van der Waals surface area (Å²) in [6, 6.07) is 0. The molecule has 0 aliphatic carbocycles. The van der Waals surface area contributed by atoms with Crippen LogP contribution in [-0.4, -0.2) is 102 Å². The maximum absolute atomic E-state index is 15.5. The molecule has 0 aromatic heterocycles. The number of alkyl halides is 1. The van der Waals surface area contributed by atoms with Crippen LogP contribution in [0.2, 0.25) is 0 Å². The van der Waals surface area contributed by atoms with Gasteiger partial charge in [0.15, 0.2) is 6.17 Å². The van der Waals surface area contributed by atoms with Gasteiger partial charge in [0, 0.05) is 65.1 Å². The molecule has 8 heteroatoms. The Morgan fingerprint density at radius 3 is 0.861 bits per heavy atom. The van der Waals surface area contributed by atoms with E-state index in [0.29, 0.717) is 50.7 Å². The van der Waals surface area contributed by atoms with Gasteiger partial charge in [0.1, 0.15) is 0 Å². The molecule has 0 aromatic rings. The van der Waals surface area contributed by atoms with E-state index < -0.39 is 6.17 Å². The van der Waals surface area contributed by atoms with Crippen molar-refractivity contribution in [1.82, 2.24) is 19.6 Å². The molecule has 1 unspecified atom stereocenters. The van der Waals surface area contributed by atoms with Gasteiger partial charge in [-0.1, -0.05) is 246 Å². The maximum atomic E-state index is 15.5. The molecule has 0 saturated carbocycles. The van der Waals surface area contributed by atoms with Crippen LogP contribution in [0.4, 0.5) is 4.39 Å². The largest absolute Gasteiger partial charge is 0.343 e. The lowest BCUT2D eigenvalue weighted by atomic mass is 10.1. The van der Waals surface area contributed by atoms with Crippen molar-refractivity contribution in [2.45, 2.75) is 336 Å². The van der Waals surface area contributed by atoms with Crippen LogP contribution in [0, 0.1) is 0 Å². The van der Waals surface area contributed by atoms with Crippen LogP contribution in [0.3, 0.4) is 0 Å². The van der Waals surface area contributed by atoms with Gasteiger partial charge in [-0.15, -0.1) is 0 Å². The Labute approximate surface area is 448 Å². The van der Waals surface area contributed by atoms with Crippen LogP contribution in [-0.2, 0) is 14.4 Å². The number of rotatable bonds is 56. The van der Waals surface area contributed by atoms with Crippen LogP contribution in [0.5, 0.6) is 0 Å². The number of halogens is 1. The third-order valence-electron chi connectivity index (χ3n) is 15.9. The Morgan fingerprint density at radius 1 is 0.347 bits per heavy atom. The molecule has 1 saturated heterocycles. The number of hydrogen-bond donors (Lipinski definition) is 0. The van der Waals surface area contributed by atoms with Gasteiger partial charge < -0.3 is 19.6 Å². The van der Waals surface area contributed by atoms with Crippen molar-refractivity contribution in [2.24, 2.45) is 0 Å². The van der Waals surface area contributed by atoms with Gasteiger partial charge in [0.2, 0.25) is 11.8 Å². The highest BCUT2D eigenvalue weighted by atomic mass is 19.1. The zero-order valence-corrected chi connectivity index (χ0v) is 49.1. The Hall–Kier alpha value is -1.70. The molecular formula is C64H125FN4O3. The normalized spacial score (nSPS) is 13.3. The standard InChI is InChI=1S/C64H125FN4O3/c1-5-9-13-17-21-25-33-41-54-67(55-42-34-26-22-18-14-10-6-2)62(70)49-39-31-29-37-45-58-69(64(72)61(65)51-60-66-52-47-48-53-66)59-46-38-30-32-40-50-63(71)68(56-43-35-27-23-19-15-11-7-3)57-44-36-28-24-20-16-12-8-4/h61H,5-60H2,1-4H3. The summed E-state index contributed by atoms with van der Waals surface area (Å²) in [5.74, 6) is 0.376. The zero-order valence-electron chi connectivity index (χ0n) is 49.1. The number of carbonyl (C=O) groups excluding carboxylic acids is 3. The quantitative estimate of drug-likeness (QED) is 0.0570. The molecule has 426 valence electrons. The van der Waals surface area contributed by atoms with Gasteiger partial charge in [0.25, 0.3) is 5.91 Å². The summed E-state index contributed by atoms with van der Waals surface area (Å²) in [7, 11) is 0. The molecule has 1 aliphatic heterocycles. The summed E-state index contributed by atoms with van der Waals surface area (Å²) in [6.07, 6.45) is 53.6. The topological polar surface area (TPSA) is 64.2 Å². The van der Waals surface area contributed by atoms with Crippen molar-refractivity contribution >= 4 is 17.7 Å². The molecule has 0 aromatic carbocycles. The molecule has 1 rings (SSSR count). The molecular weight excluding hydrogens is 892 g/mol. The number of likely N-dealkylation sites (tertiary alicyclic amines) is 1. The number of unbranched alkanes of at least 4 members (excludes halogenated alkanes) is 36. The lowest BCUT2D eigenvalue weighted by molar-refractivity contribution is -0.137. The Morgan fingerprint density at radius 2 is 0.583 bits per heavy atom. The SMILES string of the molecule is CCCCCCCCCCN(CCCCCCCCCC)C(=O)CCCCCCCN(CCCCCCCC(=O)N(CCCCCCCCCC)CCCCCCCCCC)C(=O)C(F)CCN1CCCC1. The van der Waals surface area contributed by atoms with Gasteiger partial charge in [-0.2, -0.15) is 0 Å². The molecule has 3 amide bonds. The van der Waals surface area contributed by atoms with E-state index in [1.165, 1.54) is 193 Å². The van der Waals surface area contributed by atoms with E-state index in [1.54, 1.807) is 0 Å². The average Bonchev–Trinajstić information content (AvgIpc) is 3.92. The van der Waals surface area contributed by atoms with Gasteiger partial charge in [-0.25, -0.2) is 4.39 Å². The van der Waals surface area contributed by atoms with Crippen molar-refractivity contribution in [2.75, 3.05) is 58.9 Å². The first-order chi connectivity index (χ1) is 35.4. The van der Waals surface area contributed by atoms with Gasteiger partial charge in [-0.05, 0) is 77.3 Å². The fourth-order valence-electron chi connectivity index (χ4n) is 11.0. The van der Waals surface area contributed by atoms with Crippen molar-refractivity contribution in [3.05, 3.63) is 0 Å². The van der Waals surface area contributed by atoms with E-state index in [-0.39, 0.29) is 5.91 Å². The molecule has 1 heterocycles. The Bertz CT molecular complexity index is 1070. The van der Waals surface area contributed by atoms with E-state index in [1.807, 2.05) is 4.90 Å². The third kappa shape index (κ3) is 41.5. The predicted octanol–water partition coefficient (Wildman–Crippen LogP) is 18.5. The van der Waals surface area contributed by atoms with Crippen molar-refractivity contribution in [1.29, 1.82) is 0 Å². The molecule has 0 bridgehead atoms. The Kier molecular flexibility index (Phi) is 50.0. The van der Waals surface area contributed by atoms with Crippen LogP contribution >= 0.6 is 0 Å². The molecule has 72 heavy (non-hydrogen) atoms. The van der Waals surface area contributed by atoms with E-state index in [9.17, 15) is 14.4 Å². The summed E-state index contributed by atoms with van der Waals surface area (Å²) in [6.45, 7) is 16.7. The minimum absolute atomic E-state index is 0.293. The van der Waals surface area contributed by atoms with E-state index in [0.717, 1.165) is 129 Å². The van der Waals surface area contributed by atoms with E-state index >= 15 is 4.39 Å². The fourth-order valence-corrected chi connectivity index (χ4v) is 11.0. The number of amides is 3. The predicted molar refractivity (Wildman–Crippen MR) is 311 cm³/mol. The second-order valence-electron chi connectivity index (χ2n) is 22.8. The first-order valence-corrected chi connectivity index (χ1v) is 32.6. The summed E-state index contributed by atoms with van der Waals surface area (Å²) in [5, 5.41) is 0. The summed E-state index contributed by atoms with van der Waals surface area (Å²) >= 11 is 0. The molecule has 1 aliphatic rings. The van der Waals surface area contributed by atoms with Crippen molar-refractivity contribution < 1.29 is 18.8 Å². The van der Waals surface area contributed by atoms with Crippen LogP contribution < -0.4 is 0 Å². The molecule has 1 fully saturated rings. The number of nitrogens with zero attached hydrogens (tertiary/aromatic N) is 4. The monoisotopic (exact) mass is 1020 g/mol. The first kappa shape index (κ1) is 68.3. The highest BCUT2D eigenvalue weighted by Gasteiger charge is 2.25. The van der Waals surface area contributed by atoms with Crippen molar-refractivity contribution in [3.8, 4) is 0 Å². The molecule has 0 N–H and O–H groups in total. The Balaban J connectivity index is 2.57. The highest BCUT2D eigenvalue weighted by molar-refractivity contribution is 5.80. The highest BCUT2D eigenvalue weighted by Crippen LogP contribution is 2.18.